The number of phosphoric ester groups is 1. The Kier molecular flexibility index (Phi) is 9.53. The van der Waals surface area contributed by atoms with Gasteiger partial charge in [-0.25, -0.2) is 4.57 Å². The smallest absolute Gasteiger partial charge is 0.355 e. The van der Waals surface area contributed by atoms with Crippen molar-refractivity contribution in [1.82, 2.24) is 5.32 Å². The summed E-state index contributed by atoms with van der Waals surface area (Å²) in [5.74, 6) is 0.0328. The van der Waals surface area contributed by atoms with E-state index in [1.165, 1.54) is 0 Å². The van der Waals surface area contributed by atoms with Gasteiger partial charge >= 0.3 is 7.82 Å². The third-order valence-corrected chi connectivity index (χ3v) is 2.99. The summed E-state index contributed by atoms with van der Waals surface area (Å²) < 4.78 is 15.1. The van der Waals surface area contributed by atoms with Gasteiger partial charge in [0.15, 0.2) is 0 Å². The SMILES string of the molecule is O=C(CI)NCCCCCCOP(=O)(O)O. The average Bonchev–Trinajstić information content (AvgIpc) is 2.20. The number of alkyl halides is 1. The van der Waals surface area contributed by atoms with Gasteiger partial charge in [0.1, 0.15) is 0 Å². The highest BCUT2D eigenvalue weighted by Gasteiger charge is 2.12. The maximum Gasteiger partial charge on any atom is 0.469 e. The Hall–Kier alpha value is 0.310. The predicted molar refractivity (Wildman–Crippen MR) is 68.4 cm³/mol. The Morgan fingerprint density at radius 3 is 2.44 bits per heavy atom. The number of amides is 1. The number of carbonyl (C=O) groups is 1. The summed E-state index contributed by atoms with van der Waals surface area (Å²) in [7, 11) is -4.30. The van der Waals surface area contributed by atoms with Gasteiger partial charge in [-0.3, -0.25) is 9.32 Å². The van der Waals surface area contributed by atoms with E-state index in [-0.39, 0.29) is 12.5 Å². The molecule has 0 saturated carbocycles. The van der Waals surface area contributed by atoms with Crippen LogP contribution in [0.2, 0.25) is 0 Å². The molecule has 0 aromatic rings. The summed E-state index contributed by atoms with van der Waals surface area (Å²) in [5.41, 5.74) is 0. The van der Waals surface area contributed by atoms with Gasteiger partial charge in [-0.1, -0.05) is 35.4 Å². The molecule has 1 amide bonds. The Morgan fingerprint density at radius 2 is 1.88 bits per heavy atom. The van der Waals surface area contributed by atoms with Crippen LogP contribution in [0.1, 0.15) is 25.7 Å². The van der Waals surface area contributed by atoms with E-state index in [0.29, 0.717) is 17.4 Å². The van der Waals surface area contributed by atoms with Gasteiger partial charge in [-0.2, -0.15) is 0 Å². The molecule has 0 unspecified atom stereocenters. The molecule has 0 bridgehead atoms. The van der Waals surface area contributed by atoms with Gasteiger partial charge in [-0.05, 0) is 12.8 Å². The summed E-state index contributed by atoms with van der Waals surface area (Å²) in [5, 5.41) is 2.75. The summed E-state index contributed by atoms with van der Waals surface area (Å²) in [6, 6.07) is 0. The third kappa shape index (κ3) is 12.4. The molecule has 0 radical (unpaired) electrons. The first-order valence-electron chi connectivity index (χ1n) is 4.98. The van der Waals surface area contributed by atoms with Crippen LogP contribution in [-0.4, -0.2) is 33.3 Å². The Balaban J connectivity index is 3.16. The fourth-order valence-electron chi connectivity index (χ4n) is 1.04. The van der Waals surface area contributed by atoms with Crippen LogP contribution in [0.5, 0.6) is 0 Å². The highest BCUT2D eigenvalue weighted by Crippen LogP contribution is 2.35. The number of unbranched alkanes of at least 4 members (excludes halogenated alkanes) is 3. The maximum atomic E-state index is 10.8. The molecule has 0 aliphatic heterocycles. The number of nitrogens with one attached hydrogen (secondary N) is 1. The largest absolute Gasteiger partial charge is 0.469 e. The molecule has 16 heavy (non-hydrogen) atoms. The minimum Gasteiger partial charge on any atom is -0.355 e. The zero-order valence-electron chi connectivity index (χ0n) is 8.89. The highest BCUT2D eigenvalue weighted by atomic mass is 127. The lowest BCUT2D eigenvalue weighted by Crippen LogP contribution is -2.25. The van der Waals surface area contributed by atoms with Crippen LogP contribution in [0.15, 0.2) is 0 Å². The van der Waals surface area contributed by atoms with Gasteiger partial charge < -0.3 is 15.1 Å². The molecule has 0 aliphatic rings. The molecule has 0 aromatic carbocycles. The van der Waals surface area contributed by atoms with Crippen LogP contribution in [-0.2, 0) is 13.9 Å². The molecule has 0 fully saturated rings. The second kappa shape index (κ2) is 9.35. The second-order valence-corrected chi connectivity index (χ2v) is 5.22. The first-order valence-corrected chi connectivity index (χ1v) is 8.04. The molecule has 0 atom stereocenters. The number of rotatable bonds is 9. The molecule has 6 nitrogen and oxygen atoms in total. The predicted octanol–water partition coefficient (Wildman–Crippen LogP) is 1.21. The van der Waals surface area contributed by atoms with Crippen LogP contribution in [0.3, 0.4) is 0 Å². The van der Waals surface area contributed by atoms with Crippen LogP contribution in [0.25, 0.3) is 0 Å². The Labute approximate surface area is 109 Å². The normalized spacial score (nSPS) is 11.4. The topological polar surface area (TPSA) is 95.9 Å². The zero-order chi connectivity index (χ0) is 12.4. The van der Waals surface area contributed by atoms with Crippen molar-refractivity contribution in [2.45, 2.75) is 25.7 Å². The molecular formula is C8H17INO5P. The van der Waals surface area contributed by atoms with E-state index in [1.54, 1.807) is 0 Å². The standard InChI is InChI=1S/C8H17INO5P/c9-7-8(11)10-5-3-1-2-4-6-15-16(12,13)14/h1-7H2,(H,10,11)(H2,12,13,14). The molecule has 0 spiro atoms. The lowest BCUT2D eigenvalue weighted by atomic mass is 10.2. The Bertz CT molecular complexity index is 245. The summed E-state index contributed by atoms with van der Waals surface area (Å²) >= 11 is 2.00. The van der Waals surface area contributed by atoms with Gasteiger partial charge in [0.25, 0.3) is 0 Å². The van der Waals surface area contributed by atoms with E-state index in [9.17, 15) is 9.36 Å². The quantitative estimate of drug-likeness (QED) is 0.247. The monoisotopic (exact) mass is 365 g/mol. The number of phosphoric acid groups is 1. The van der Waals surface area contributed by atoms with Gasteiger partial charge in [0.2, 0.25) is 5.91 Å². The molecule has 0 saturated heterocycles. The van der Waals surface area contributed by atoms with Crippen molar-refractivity contribution >= 4 is 36.3 Å². The van der Waals surface area contributed by atoms with Gasteiger partial charge in [0, 0.05) is 6.54 Å². The average molecular weight is 365 g/mol. The molecule has 96 valence electrons. The van der Waals surface area contributed by atoms with E-state index in [0.717, 1.165) is 19.3 Å². The lowest BCUT2D eigenvalue weighted by molar-refractivity contribution is -0.118. The molecule has 3 N–H and O–H groups in total. The fourth-order valence-corrected chi connectivity index (χ4v) is 1.68. The van der Waals surface area contributed by atoms with Crippen molar-refractivity contribution in [1.29, 1.82) is 0 Å². The summed E-state index contributed by atoms with van der Waals surface area (Å²) in [4.78, 5) is 27.6. The van der Waals surface area contributed by atoms with Crippen LogP contribution in [0.4, 0.5) is 0 Å². The first kappa shape index (κ1) is 16.3. The van der Waals surface area contributed by atoms with Crippen molar-refractivity contribution in [3.8, 4) is 0 Å². The molecule has 0 aliphatic carbocycles. The van der Waals surface area contributed by atoms with E-state index in [2.05, 4.69) is 9.84 Å². The Morgan fingerprint density at radius 1 is 1.25 bits per heavy atom. The molecular weight excluding hydrogens is 348 g/mol. The number of halogens is 1. The summed E-state index contributed by atoms with van der Waals surface area (Å²) in [6.45, 7) is 0.728. The van der Waals surface area contributed by atoms with E-state index < -0.39 is 7.82 Å². The van der Waals surface area contributed by atoms with Crippen molar-refractivity contribution in [3.63, 3.8) is 0 Å². The maximum absolute atomic E-state index is 10.8. The minimum atomic E-state index is -4.30. The third-order valence-electron chi connectivity index (χ3n) is 1.77. The minimum absolute atomic E-state index is 0.0328. The number of hydrogen-bond acceptors (Lipinski definition) is 3. The van der Waals surface area contributed by atoms with E-state index in [4.69, 9.17) is 9.79 Å². The van der Waals surface area contributed by atoms with Crippen LogP contribution in [0, 0.1) is 0 Å². The number of hydrogen-bond donors (Lipinski definition) is 3. The van der Waals surface area contributed by atoms with E-state index in [1.807, 2.05) is 22.6 Å². The zero-order valence-corrected chi connectivity index (χ0v) is 11.9. The van der Waals surface area contributed by atoms with Crippen molar-refractivity contribution < 1.29 is 23.7 Å². The highest BCUT2D eigenvalue weighted by molar-refractivity contribution is 14.1. The molecule has 0 heterocycles. The van der Waals surface area contributed by atoms with Crippen LogP contribution >= 0.6 is 30.4 Å². The fraction of sp³-hybridized carbons (Fsp3) is 0.875. The van der Waals surface area contributed by atoms with Crippen molar-refractivity contribution in [2.75, 3.05) is 17.6 Å². The van der Waals surface area contributed by atoms with Crippen molar-refractivity contribution in [2.24, 2.45) is 0 Å². The van der Waals surface area contributed by atoms with Gasteiger partial charge in [0.05, 0.1) is 11.0 Å². The second-order valence-electron chi connectivity index (χ2n) is 3.22. The summed E-state index contributed by atoms with van der Waals surface area (Å²) in [6.07, 6.45) is 3.23. The lowest BCUT2D eigenvalue weighted by Gasteiger charge is -2.05. The molecule has 8 heteroatoms. The molecule has 0 aromatic heterocycles. The van der Waals surface area contributed by atoms with Crippen molar-refractivity contribution in [3.05, 3.63) is 0 Å². The van der Waals surface area contributed by atoms with Crippen LogP contribution < -0.4 is 5.32 Å². The molecule has 0 rings (SSSR count). The van der Waals surface area contributed by atoms with E-state index >= 15 is 0 Å². The number of carbonyl (C=O) groups excluding carboxylic acids is 1. The van der Waals surface area contributed by atoms with Gasteiger partial charge in [-0.15, -0.1) is 0 Å². The first-order chi connectivity index (χ1) is 7.45.